The number of carbonyl (C=O) groups is 1. The molecule has 0 bridgehead atoms. The van der Waals surface area contributed by atoms with Gasteiger partial charge in [-0.2, -0.15) is 0 Å². The molecular weight excluding hydrogens is 273 g/mol. The number of H-pyrrole nitrogens is 1. The zero-order chi connectivity index (χ0) is 15.0. The van der Waals surface area contributed by atoms with Gasteiger partial charge >= 0.3 is 5.97 Å². The molecule has 0 fully saturated rings. The predicted molar refractivity (Wildman–Crippen MR) is 77.5 cm³/mol. The van der Waals surface area contributed by atoms with Crippen LogP contribution in [0.25, 0.3) is 11.0 Å². The lowest BCUT2D eigenvalue weighted by Crippen LogP contribution is -1.96. The minimum Gasteiger partial charge on any atom is -0.478 e. The number of aromatic nitrogens is 2. The topological polar surface area (TPSA) is 78.0 Å². The first-order valence-electron chi connectivity index (χ1n) is 6.30. The molecule has 0 amide bonds. The van der Waals surface area contributed by atoms with Gasteiger partial charge < -0.3 is 15.4 Å². The molecule has 6 heteroatoms. The van der Waals surface area contributed by atoms with Crippen LogP contribution in [-0.2, 0) is 0 Å². The molecule has 0 atom stereocenters. The van der Waals surface area contributed by atoms with Crippen LogP contribution in [0.4, 0.5) is 16.0 Å². The van der Waals surface area contributed by atoms with Crippen LogP contribution in [0, 0.1) is 12.7 Å². The molecule has 0 aliphatic carbocycles. The summed E-state index contributed by atoms with van der Waals surface area (Å²) >= 11 is 0. The predicted octanol–water partition coefficient (Wildman–Crippen LogP) is 3.45. The highest BCUT2D eigenvalue weighted by Crippen LogP contribution is 2.23. The van der Waals surface area contributed by atoms with Gasteiger partial charge in [-0.25, -0.2) is 14.2 Å². The van der Waals surface area contributed by atoms with E-state index >= 15 is 0 Å². The van der Waals surface area contributed by atoms with E-state index in [-0.39, 0.29) is 11.4 Å². The molecule has 0 radical (unpaired) electrons. The Morgan fingerprint density at radius 3 is 2.90 bits per heavy atom. The van der Waals surface area contributed by atoms with Gasteiger partial charge in [-0.05, 0) is 37.3 Å². The Morgan fingerprint density at radius 2 is 2.14 bits per heavy atom. The molecule has 1 aromatic heterocycles. The number of anilines is 2. The van der Waals surface area contributed by atoms with Crippen LogP contribution >= 0.6 is 0 Å². The molecule has 2 aromatic carbocycles. The van der Waals surface area contributed by atoms with Gasteiger partial charge in [-0.15, -0.1) is 0 Å². The van der Waals surface area contributed by atoms with Gasteiger partial charge in [0, 0.05) is 11.3 Å². The first kappa shape index (κ1) is 13.1. The number of hydrogen-bond donors (Lipinski definition) is 3. The molecule has 3 aromatic rings. The third-order valence-electron chi connectivity index (χ3n) is 3.25. The Balaban J connectivity index is 1.98. The largest absolute Gasteiger partial charge is 0.478 e. The second kappa shape index (κ2) is 4.90. The van der Waals surface area contributed by atoms with Crippen molar-refractivity contribution in [1.82, 2.24) is 9.97 Å². The molecule has 21 heavy (non-hydrogen) atoms. The minimum atomic E-state index is -0.998. The summed E-state index contributed by atoms with van der Waals surface area (Å²) in [6.45, 7) is 1.67. The molecule has 0 spiro atoms. The van der Waals surface area contributed by atoms with E-state index in [2.05, 4.69) is 15.3 Å². The lowest BCUT2D eigenvalue weighted by Gasteiger charge is -2.06. The monoisotopic (exact) mass is 285 g/mol. The summed E-state index contributed by atoms with van der Waals surface area (Å²) in [5.74, 6) is -0.868. The second-order valence-corrected chi connectivity index (χ2v) is 4.66. The maximum atomic E-state index is 13.5. The Morgan fingerprint density at radius 1 is 1.33 bits per heavy atom. The van der Waals surface area contributed by atoms with Gasteiger partial charge in [0.2, 0.25) is 5.95 Å². The number of hydrogen-bond acceptors (Lipinski definition) is 3. The molecule has 0 saturated carbocycles. The van der Waals surface area contributed by atoms with Crippen molar-refractivity contribution < 1.29 is 14.3 Å². The molecule has 0 aliphatic heterocycles. The van der Waals surface area contributed by atoms with Gasteiger partial charge in [0.15, 0.2) is 0 Å². The van der Waals surface area contributed by atoms with Crippen molar-refractivity contribution in [3.8, 4) is 0 Å². The van der Waals surface area contributed by atoms with Crippen LogP contribution in [0.3, 0.4) is 0 Å². The third-order valence-corrected chi connectivity index (χ3v) is 3.25. The molecule has 1 heterocycles. The Labute approximate surface area is 119 Å². The SMILES string of the molecule is Cc1c(F)cccc1Nc1nc2ccc(C(=O)O)cc2[nH]1. The normalized spacial score (nSPS) is 10.8. The molecule has 5 nitrogen and oxygen atoms in total. The number of nitrogens with zero attached hydrogens (tertiary/aromatic N) is 1. The van der Waals surface area contributed by atoms with Crippen LogP contribution in [0.15, 0.2) is 36.4 Å². The number of benzene rings is 2. The number of halogens is 1. The smallest absolute Gasteiger partial charge is 0.335 e. The van der Waals surface area contributed by atoms with Crippen molar-refractivity contribution in [2.45, 2.75) is 6.92 Å². The van der Waals surface area contributed by atoms with E-state index < -0.39 is 5.97 Å². The lowest BCUT2D eigenvalue weighted by atomic mass is 10.2. The summed E-state index contributed by atoms with van der Waals surface area (Å²) in [6, 6.07) is 9.36. The molecule has 0 unspecified atom stereocenters. The van der Waals surface area contributed by atoms with E-state index in [9.17, 15) is 9.18 Å². The number of aromatic amines is 1. The van der Waals surface area contributed by atoms with E-state index in [0.717, 1.165) is 0 Å². The highest BCUT2D eigenvalue weighted by Gasteiger charge is 2.09. The van der Waals surface area contributed by atoms with Crippen molar-refractivity contribution in [3.05, 3.63) is 53.3 Å². The molecular formula is C15H12FN3O2. The fraction of sp³-hybridized carbons (Fsp3) is 0.0667. The highest BCUT2D eigenvalue weighted by atomic mass is 19.1. The number of nitrogens with one attached hydrogen (secondary N) is 2. The highest BCUT2D eigenvalue weighted by molar-refractivity contribution is 5.92. The van der Waals surface area contributed by atoms with Crippen LogP contribution in [0.2, 0.25) is 0 Å². The van der Waals surface area contributed by atoms with Crippen molar-refractivity contribution >= 4 is 28.6 Å². The molecule has 0 saturated heterocycles. The summed E-state index contributed by atoms with van der Waals surface area (Å²) in [4.78, 5) is 18.2. The zero-order valence-corrected chi connectivity index (χ0v) is 11.1. The maximum Gasteiger partial charge on any atom is 0.335 e. The summed E-state index contributed by atoms with van der Waals surface area (Å²) in [6.07, 6.45) is 0. The molecule has 0 aliphatic rings. The van der Waals surface area contributed by atoms with E-state index in [1.807, 2.05) is 0 Å². The second-order valence-electron chi connectivity index (χ2n) is 4.66. The van der Waals surface area contributed by atoms with Crippen LogP contribution in [0.1, 0.15) is 15.9 Å². The molecule has 3 rings (SSSR count). The van der Waals surface area contributed by atoms with Crippen LogP contribution in [0.5, 0.6) is 0 Å². The Bertz CT molecular complexity index is 842. The van der Waals surface area contributed by atoms with Crippen molar-refractivity contribution in [2.24, 2.45) is 0 Å². The first-order chi connectivity index (χ1) is 10.0. The fourth-order valence-electron chi connectivity index (χ4n) is 2.07. The van der Waals surface area contributed by atoms with Gasteiger partial charge in [0.05, 0.1) is 16.6 Å². The third kappa shape index (κ3) is 2.43. The lowest BCUT2D eigenvalue weighted by molar-refractivity contribution is 0.0697. The first-order valence-corrected chi connectivity index (χ1v) is 6.30. The van der Waals surface area contributed by atoms with Crippen molar-refractivity contribution in [3.63, 3.8) is 0 Å². The van der Waals surface area contributed by atoms with E-state index in [4.69, 9.17) is 5.11 Å². The minimum absolute atomic E-state index is 0.180. The number of fused-ring (bicyclic) bond motifs is 1. The summed E-state index contributed by atoms with van der Waals surface area (Å²) < 4.78 is 13.5. The standard InChI is InChI=1S/C15H12FN3O2/c1-8-10(16)3-2-4-11(8)17-15-18-12-6-5-9(14(20)21)7-13(12)19-15/h2-7H,1H3,(H,20,21)(H2,17,18,19). The van der Waals surface area contributed by atoms with Crippen molar-refractivity contribution in [1.29, 1.82) is 0 Å². The Hall–Kier alpha value is -2.89. The van der Waals surface area contributed by atoms with E-state index in [1.165, 1.54) is 18.2 Å². The summed E-state index contributed by atoms with van der Waals surface area (Å²) in [5.41, 5.74) is 2.51. The quantitative estimate of drug-likeness (QED) is 0.688. The number of aromatic carboxylic acids is 1. The average molecular weight is 285 g/mol. The number of rotatable bonds is 3. The van der Waals surface area contributed by atoms with E-state index in [1.54, 1.807) is 25.1 Å². The summed E-state index contributed by atoms with van der Waals surface area (Å²) in [7, 11) is 0. The number of carboxylic acids is 1. The van der Waals surface area contributed by atoms with Crippen LogP contribution in [-0.4, -0.2) is 21.0 Å². The fourth-order valence-corrected chi connectivity index (χ4v) is 2.07. The van der Waals surface area contributed by atoms with Crippen molar-refractivity contribution in [2.75, 3.05) is 5.32 Å². The van der Waals surface area contributed by atoms with Gasteiger partial charge in [0.1, 0.15) is 5.82 Å². The van der Waals surface area contributed by atoms with Gasteiger partial charge in [-0.1, -0.05) is 6.07 Å². The maximum absolute atomic E-state index is 13.5. The average Bonchev–Trinajstić information content (AvgIpc) is 2.85. The zero-order valence-electron chi connectivity index (χ0n) is 11.1. The molecule has 106 valence electrons. The van der Waals surface area contributed by atoms with Crippen LogP contribution < -0.4 is 5.32 Å². The summed E-state index contributed by atoms with van der Waals surface area (Å²) in [5, 5.41) is 12.0. The number of imidazole rings is 1. The van der Waals surface area contributed by atoms with Gasteiger partial charge in [-0.3, -0.25) is 0 Å². The number of carboxylic acid groups (broad SMARTS) is 1. The molecule has 3 N–H and O–H groups in total. The van der Waals surface area contributed by atoms with E-state index in [0.29, 0.717) is 28.2 Å². The Kier molecular flexibility index (Phi) is 3.06. The van der Waals surface area contributed by atoms with Gasteiger partial charge in [0.25, 0.3) is 0 Å².